The number of amides is 3. The molecule has 0 aliphatic rings. The first-order chi connectivity index (χ1) is 10.8. The van der Waals surface area contributed by atoms with E-state index < -0.39 is 0 Å². The summed E-state index contributed by atoms with van der Waals surface area (Å²) in [6, 6.07) is 12.4. The molecule has 2 N–H and O–H groups in total. The number of carbonyl (C=O) groups excluding carboxylic acids is 2. The monoisotopic (exact) mass is 311 g/mol. The summed E-state index contributed by atoms with van der Waals surface area (Å²) in [7, 11) is 3.38. The molecule has 0 aliphatic heterocycles. The van der Waals surface area contributed by atoms with E-state index in [2.05, 4.69) is 10.6 Å². The fourth-order valence-corrected chi connectivity index (χ4v) is 2.33. The zero-order chi connectivity index (χ0) is 17.0. The third kappa shape index (κ3) is 4.57. The van der Waals surface area contributed by atoms with Crippen molar-refractivity contribution in [3.05, 3.63) is 59.2 Å². The van der Waals surface area contributed by atoms with Crippen molar-refractivity contribution in [2.24, 2.45) is 0 Å². The summed E-state index contributed by atoms with van der Waals surface area (Å²) in [6.45, 7) is 3.96. The second-order valence-corrected chi connectivity index (χ2v) is 5.74. The number of aryl methyl sites for hydroxylation is 2. The maximum Gasteiger partial charge on any atom is 0.323 e. The Morgan fingerprint density at radius 1 is 0.870 bits per heavy atom. The first-order valence-corrected chi connectivity index (χ1v) is 7.33. The number of nitrogens with zero attached hydrogens (tertiary/aromatic N) is 1. The van der Waals surface area contributed by atoms with Crippen LogP contribution in [0.1, 0.15) is 21.5 Å². The Kier molecular flexibility index (Phi) is 5.01. The standard InChI is InChI=1S/C18H21N3O2/c1-12-8-13(2)10-16(9-12)20-18(23)19-15-7-5-6-14(11-15)17(22)21(3)4/h5-11H,1-4H3,(H2,19,20,23). The molecule has 0 bridgehead atoms. The maximum absolute atomic E-state index is 12.1. The molecule has 0 saturated carbocycles. The number of urea groups is 1. The Labute approximate surface area is 136 Å². The highest BCUT2D eigenvalue weighted by atomic mass is 16.2. The van der Waals surface area contributed by atoms with Crippen LogP contribution < -0.4 is 10.6 Å². The molecule has 2 aromatic carbocycles. The first-order valence-electron chi connectivity index (χ1n) is 7.33. The smallest absolute Gasteiger partial charge is 0.323 e. The van der Waals surface area contributed by atoms with Crippen LogP contribution in [0.3, 0.4) is 0 Å². The van der Waals surface area contributed by atoms with Crippen molar-refractivity contribution in [2.45, 2.75) is 13.8 Å². The predicted octanol–water partition coefficient (Wildman–Crippen LogP) is 3.65. The molecule has 0 radical (unpaired) electrons. The fourth-order valence-electron chi connectivity index (χ4n) is 2.33. The van der Waals surface area contributed by atoms with E-state index in [1.165, 1.54) is 4.90 Å². The number of hydrogen-bond donors (Lipinski definition) is 2. The minimum absolute atomic E-state index is 0.108. The van der Waals surface area contributed by atoms with Gasteiger partial charge in [-0.1, -0.05) is 12.1 Å². The fraction of sp³-hybridized carbons (Fsp3) is 0.222. The normalized spacial score (nSPS) is 10.1. The molecule has 0 aromatic heterocycles. The van der Waals surface area contributed by atoms with Gasteiger partial charge in [0.2, 0.25) is 0 Å². The average Bonchev–Trinajstić information content (AvgIpc) is 2.45. The van der Waals surface area contributed by atoms with Crippen molar-refractivity contribution in [2.75, 3.05) is 24.7 Å². The Hall–Kier alpha value is -2.82. The largest absolute Gasteiger partial charge is 0.345 e. The average molecular weight is 311 g/mol. The molecule has 0 heterocycles. The van der Waals surface area contributed by atoms with Crippen LogP contribution in [0.4, 0.5) is 16.2 Å². The molecule has 0 fully saturated rings. The van der Waals surface area contributed by atoms with Gasteiger partial charge < -0.3 is 15.5 Å². The second-order valence-electron chi connectivity index (χ2n) is 5.74. The summed E-state index contributed by atoms with van der Waals surface area (Å²) in [5.74, 6) is -0.108. The van der Waals surface area contributed by atoms with Gasteiger partial charge in [-0.05, 0) is 55.3 Å². The van der Waals surface area contributed by atoms with E-state index in [1.807, 2.05) is 32.0 Å². The second kappa shape index (κ2) is 6.96. The number of nitrogens with one attached hydrogen (secondary N) is 2. The van der Waals surface area contributed by atoms with Gasteiger partial charge in [-0.25, -0.2) is 4.79 Å². The van der Waals surface area contributed by atoms with E-state index in [0.29, 0.717) is 11.3 Å². The number of hydrogen-bond acceptors (Lipinski definition) is 2. The summed E-state index contributed by atoms with van der Waals surface area (Å²) in [6.07, 6.45) is 0. The summed E-state index contributed by atoms with van der Waals surface area (Å²) >= 11 is 0. The summed E-state index contributed by atoms with van der Waals surface area (Å²) in [4.78, 5) is 25.5. The van der Waals surface area contributed by atoms with Gasteiger partial charge in [-0.2, -0.15) is 0 Å². The quantitative estimate of drug-likeness (QED) is 0.909. The van der Waals surface area contributed by atoms with Crippen LogP contribution in [-0.2, 0) is 0 Å². The van der Waals surface area contributed by atoms with Crippen LogP contribution in [0.15, 0.2) is 42.5 Å². The lowest BCUT2D eigenvalue weighted by molar-refractivity contribution is 0.0827. The Morgan fingerprint density at radius 3 is 2.09 bits per heavy atom. The van der Waals surface area contributed by atoms with Gasteiger partial charge in [0.05, 0.1) is 0 Å². The predicted molar refractivity (Wildman–Crippen MR) is 93.0 cm³/mol. The Bertz CT molecular complexity index is 719. The maximum atomic E-state index is 12.1. The molecule has 120 valence electrons. The van der Waals surface area contributed by atoms with Crippen LogP contribution >= 0.6 is 0 Å². The molecule has 0 saturated heterocycles. The van der Waals surface area contributed by atoms with Crippen LogP contribution in [0.2, 0.25) is 0 Å². The van der Waals surface area contributed by atoms with Crippen molar-refractivity contribution in [3.63, 3.8) is 0 Å². The molecular formula is C18H21N3O2. The van der Waals surface area contributed by atoms with Crippen molar-refractivity contribution in [1.29, 1.82) is 0 Å². The highest BCUT2D eigenvalue weighted by Gasteiger charge is 2.09. The number of anilines is 2. The minimum atomic E-state index is -0.343. The molecule has 23 heavy (non-hydrogen) atoms. The van der Waals surface area contributed by atoms with Crippen molar-refractivity contribution >= 4 is 23.3 Å². The molecular weight excluding hydrogens is 290 g/mol. The van der Waals surface area contributed by atoms with Crippen molar-refractivity contribution in [3.8, 4) is 0 Å². The molecule has 0 atom stereocenters. The molecule has 3 amide bonds. The van der Waals surface area contributed by atoms with E-state index in [9.17, 15) is 9.59 Å². The van der Waals surface area contributed by atoms with Gasteiger partial charge in [0, 0.05) is 31.0 Å². The van der Waals surface area contributed by atoms with E-state index >= 15 is 0 Å². The molecule has 5 heteroatoms. The third-order valence-corrected chi connectivity index (χ3v) is 3.25. The van der Waals surface area contributed by atoms with Crippen molar-refractivity contribution in [1.82, 2.24) is 4.90 Å². The van der Waals surface area contributed by atoms with Crippen LogP contribution in [-0.4, -0.2) is 30.9 Å². The summed E-state index contributed by atoms with van der Waals surface area (Å²) in [5.41, 5.74) is 4.00. The summed E-state index contributed by atoms with van der Waals surface area (Å²) < 4.78 is 0. The third-order valence-electron chi connectivity index (χ3n) is 3.25. The lowest BCUT2D eigenvalue weighted by atomic mass is 10.1. The first kappa shape index (κ1) is 16.5. The van der Waals surface area contributed by atoms with Crippen molar-refractivity contribution < 1.29 is 9.59 Å². The highest BCUT2D eigenvalue weighted by Crippen LogP contribution is 2.15. The van der Waals surface area contributed by atoms with E-state index in [0.717, 1.165) is 16.8 Å². The topological polar surface area (TPSA) is 61.4 Å². The van der Waals surface area contributed by atoms with Gasteiger partial charge in [-0.3, -0.25) is 4.79 Å². The zero-order valence-corrected chi connectivity index (χ0v) is 13.8. The molecule has 0 spiro atoms. The molecule has 0 aliphatic carbocycles. The van der Waals surface area contributed by atoms with E-state index in [-0.39, 0.29) is 11.9 Å². The van der Waals surface area contributed by atoms with Gasteiger partial charge in [0.1, 0.15) is 0 Å². The lowest BCUT2D eigenvalue weighted by Gasteiger charge is -2.12. The molecule has 2 aromatic rings. The molecule has 5 nitrogen and oxygen atoms in total. The van der Waals surface area contributed by atoms with Crippen LogP contribution in [0.25, 0.3) is 0 Å². The van der Waals surface area contributed by atoms with Gasteiger partial charge in [0.25, 0.3) is 5.91 Å². The van der Waals surface area contributed by atoms with Crippen LogP contribution in [0, 0.1) is 13.8 Å². The van der Waals surface area contributed by atoms with Gasteiger partial charge in [-0.15, -0.1) is 0 Å². The lowest BCUT2D eigenvalue weighted by Crippen LogP contribution is -2.22. The number of benzene rings is 2. The molecule has 0 unspecified atom stereocenters. The minimum Gasteiger partial charge on any atom is -0.345 e. The summed E-state index contributed by atoms with van der Waals surface area (Å²) in [5, 5.41) is 5.54. The van der Waals surface area contributed by atoms with Gasteiger partial charge in [0.15, 0.2) is 0 Å². The Balaban J connectivity index is 2.08. The van der Waals surface area contributed by atoms with Gasteiger partial charge >= 0.3 is 6.03 Å². The number of rotatable bonds is 3. The van der Waals surface area contributed by atoms with Crippen LogP contribution in [0.5, 0.6) is 0 Å². The SMILES string of the molecule is Cc1cc(C)cc(NC(=O)Nc2cccc(C(=O)N(C)C)c2)c1. The Morgan fingerprint density at radius 2 is 1.48 bits per heavy atom. The highest BCUT2D eigenvalue weighted by molar-refractivity contribution is 6.01. The number of carbonyl (C=O) groups is 2. The van der Waals surface area contributed by atoms with E-state index in [1.54, 1.807) is 38.4 Å². The zero-order valence-electron chi connectivity index (χ0n) is 13.8. The van der Waals surface area contributed by atoms with E-state index in [4.69, 9.17) is 0 Å². The molecule has 2 rings (SSSR count).